The molecule has 2 heterocycles. The van der Waals surface area contributed by atoms with Crippen molar-refractivity contribution in [2.75, 3.05) is 38.6 Å². The molecule has 4 heteroatoms. The second-order valence-electron chi connectivity index (χ2n) is 5.95. The van der Waals surface area contributed by atoms with Crippen molar-refractivity contribution in [3.05, 3.63) is 23.4 Å². The van der Waals surface area contributed by atoms with Crippen LogP contribution in [0.3, 0.4) is 0 Å². The number of pyridine rings is 1. The van der Waals surface area contributed by atoms with Gasteiger partial charge in [-0.1, -0.05) is 6.92 Å². The number of aromatic nitrogens is 1. The van der Waals surface area contributed by atoms with E-state index >= 15 is 0 Å². The number of aryl methyl sites for hydroxylation is 1. The van der Waals surface area contributed by atoms with Crippen LogP contribution in [0.5, 0.6) is 0 Å². The molecule has 1 fully saturated rings. The van der Waals surface area contributed by atoms with Crippen molar-refractivity contribution in [3.63, 3.8) is 0 Å². The predicted octanol–water partition coefficient (Wildman–Crippen LogP) is 2.03. The molecule has 0 saturated carbocycles. The van der Waals surface area contributed by atoms with Gasteiger partial charge < -0.3 is 15.1 Å². The number of nitrogens with one attached hydrogen (secondary N) is 1. The van der Waals surface area contributed by atoms with Gasteiger partial charge in [-0.15, -0.1) is 0 Å². The van der Waals surface area contributed by atoms with Gasteiger partial charge in [0.25, 0.3) is 0 Å². The summed E-state index contributed by atoms with van der Waals surface area (Å²) in [5, 5.41) is 3.35. The standard InChI is InChI=1S/C16H28N4/c1-5-17-11-14-10-13(2)16(18-12-14)20-8-6-15(7-9-20)19(3)4/h10,12,15,17H,5-9,11H2,1-4H3. The highest BCUT2D eigenvalue weighted by atomic mass is 15.2. The summed E-state index contributed by atoms with van der Waals surface area (Å²) in [5.41, 5.74) is 2.57. The predicted molar refractivity (Wildman–Crippen MR) is 85.3 cm³/mol. The lowest BCUT2D eigenvalue weighted by molar-refractivity contribution is 0.249. The fourth-order valence-corrected chi connectivity index (χ4v) is 2.92. The maximum absolute atomic E-state index is 4.70. The molecule has 0 spiro atoms. The zero-order valence-electron chi connectivity index (χ0n) is 13.3. The number of hydrogen-bond acceptors (Lipinski definition) is 4. The van der Waals surface area contributed by atoms with Gasteiger partial charge in [0, 0.05) is 31.9 Å². The topological polar surface area (TPSA) is 31.4 Å². The van der Waals surface area contributed by atoms with Gasteiger partial charge in [-0.3, -0.25) is 0 Å². The summed E-state index contributed by atoms with van der Waals surface area (Å²) in [5.74, 6) is 1.17. The first-order chi connectivity index (χ1) is 9.61. The van der Waals surface area contributed by atoms with E-state index in [2.05, 4.69) is 49.1 Å². The van der Waals surface area contributed by atoms with E-state index in [-0.39, 0.29) is 0 Å². The minimum absolute atomic E-state index is 0.722. The van der Waals surface area contributed by atoms with E-state index in [1.165, 1.54) is 29.8 Å². The minimum Gasteiger partial charge on any atom is -0.356 e. The maximum Gasteiger partial charge on any atom is 0.131 e. The molecule has 0 aliphatic carbocycles. The molecule has 1 aromatic heterocycles. The van der Waals surface area contributed by atoms with Crippen molar-refractivity contribution in [1.29, 1.82) is 0 Å². The molecular formula is C16H28N4. The lowest BCUT2D eigenvalue weighted by Crippen LogP contribution is -2.42. The molecule has 1 aliphatic heterocycles. The van der Waals surface area contributed by atoms with Crippen LogP contribution in [0.1, 0.15) is 30.9 Å². The van der Waals surface area contributed by atoms with Gasteiger partial charge in [-0.25, -0.2) is 4.98 Å². The third kappa shape index (κ3) is 3.70. The summed E-state index contributed by atoms with van der Waals surface area (Å²) < 4.78 is 0. The van der Waals surface area contributed by atoms with E-state index < -0.39 is 0 Å². The van der Waals surface area contributed by atoms with Crippen LogP contribution < -0.4 is 10.2 Å². The van der Waals surface area contributed by atoms with E-state index in [4.69, 9.17) is 4.98 Å². The third-order valence-electron chi connectivity index (χ3n) is 4.18. The normalized spacial score (nSPS) is 16.9. The Morgan fingerprint density at radius 2 is 2.05 bits per heavy atom. The lowest BCUT2D eigenvalue weighted by Gasteiger charge is -2.36. The highest BCUT2D eigenvalue weighted by Gasteiger charge is 2.22. The van der Waals surface area contributed by atoms with E-state index in [0.29, 0.717) is 0 Å². The van der Waals surface area contributed by atoms with Crippen LogP contribution in [-0.4, -0.2) is 49.7 Å². The number of nitrogens with zero attached hydrogens (tertiary/aromatic N) is 3. The van der Waals surface area contributed by atoms with Crippen LogP contribution in [-0.2, 0) is 6.54 Å². The highest BCUT2D eigenvalue weighted by Crippen LogP contribution is 2.23. The lowest BCUT2D eigenvalue weighted by atomic mass is 10.0. The largest absolute Gasteiger partial charge is 0.356 e. The fourth-order valence-electron chi connectivity index (χ4n) is 2.92. The molecule has 0 radical (unpaired) electrons. The monoisotopic (exact) mass is 276 g/mol. The summed E-state index contributed by atoms with van der Waals surface area (Å²) in [6.45, 7) is 8.44. The molecule has 2 rings (SSSR count). The first kappa shape index (κ1) is 15.3. The van der Waals surface area contributed by atoms with Gasteiger partial charge in [-0.05, 0) is 57.6 Å². The van der Waals surface area contributed by atoms with Gasteiger partial charge >= 0.3 is 0 Å². The number of hydrogen-bond donors (Lipinski definition) is 1. The molecule has 0 aromatic carbocycles. The Kier molecular flexibility index (Phi) is 5.38. The van der Waals surface area contributed by atoms with Gasteiger partial charge in [0.05, 0.1) is 0 Å². The molecule has 0 unspecified atom stereocenters. The van der Waals surface area contributed by atoms with Crippen LogP contribution in [0.4, 0.5) is 5.82 Å². The van der Waals surface area contributed by atoms with Crippen molar-refractivity contribution >= 4 is 5.82 Å². The van der Waals surface area contributed by atoms with Crippen LogP contribution in [0.25, 0.3) is 0 Å². The van der Waals surface area contributed by atoms with Crippen molar-refractivity contribution in [1.82, 2.24) is 15.2 Å². The molecule has 0 bridgehead atoms. The van der Waals surface area contributed by atoms with E-state index in [9.17, 15) is 0 Å². The quantitative estimate of drug-likeness (QED) is 0.891. The Hall–Kier alpha value is -1.13. The average molecular weight is 276 g/mol. The van der Waals surface area contributed by atoms with Gasteiger partial charge in [0.15, 0.2) is 0 Å². The zero-order chi connectivity index (χ0) is 14.5. The summed E-state index contributed by atoms with van der Waals surface area (Å²) in [4.78, 5) is 9.48. The molecule has 0 atom stereocenters. The molecular weight excluding hydrogens is 248 g/mol. The molecule has 1 saturated heterocycles. The van der Waals surface area contributed by atoms with Crippen LogP contribution in [0, 0.1) is 6.92 Å². The van der Waals surface area contributed by atoms with E-state index in [1.54, 1.807) is 0 Å². The maximum atomic E-state index is 4.70. The van der Waals surface area contributed by atoms with Crippen LogP contribution in [0.15, 0.2) is 12.3 Å². The minimum atomic E-state index is 0.722. The Balaban J connectivity index is 1.99. The van der Waals surface area contributed by atoms with E-state index in [1.807, 2.05) is 6.20 Å². The Bertz CT molecular complexity index is 422. The Morgan fingerprint density at radius 1 is 1.35 bits per heavy atom. The summed E-state index contributed by atoms with van der Waals surface area (Å²) in [6.07, 6.45) is 4.48. The zero-order valence-corrected chi connectivity index (χ0v) is 13.3. The Morgan fingerprint density at radius 3 is 2.60 bits per heavy atom. The summed E-state index contributed by atoms with van der Waals surface area (Å²) in [6, 6.07) is 2.99. The second-order valence-corrected chi connectivity index (χ2v) is 5.95. The van der Waals surface area contributed by atoms with Crippen molar-refractivity contribution in [3.8, 4) is 0 Å². The fraction of sp³-hybridized carbons (Fsp3) is 0.688. The number of piperidine rings is 1. The second kappa shape index (κ2) is 7.04. The van der Waals surface area contributed by atoms with E-state index in [0.717, 1.165) is 32.2 Å². The molecule has 1 aromatic rings. The molecule has 112 valence electrons. The first-order valence-corrected chi connectivity index (χ1v) is 7.69. The van der Waals surface area contributed by atoms with Gasteiger partial charge in [0.2, 0.25) is 0 Å². The van der Waals surface area contributed by atoms with Gasteiger partial charge in [0.1, 0.15) is 5.82 Å². The van der Waals surface area contributed by atoms with Crippen molar-refractivity contribution < 1.29 is 0 Å². The van der Waals surface area contributed by atoms with Crippen LogP contribution in [0.2, 0.25) is 0 Å². The van der Waals surface area contributed by atoms with Crippen LogP contribution >= 0.6 is 0 Å². The number of rotatable bonds is 5. The molecule has 1 N–H and O–H groups in total. The average Bonchev–Trinajstić information content (AvgIpc) is 2.45. The molecule has 4 nitrogen and oxygen atoms in total. The molecule has 1 aliphatic rings. The Labute approximate surface area is 123 Å². The van der Waals surface area contributed by atoms with Crippen molar-refractivity contribution in [2.45, 2.75) is 39.3 Å². The molecule has 0 amide bonds. The first-order valence-electron chi connectivity index (χ1n) is 7.69. The van der Waals surface area contributed by atoms with Crippen molar-refractivity contribution in [2.24, 2.45) is 0 Å². The molecule has 20 heavy (non-hydrogen) atoms. The summed E-state index contributed by atoms with van der Waals surface area (Å²) in [7, 11) is 4.36. The smallest absolute Gasteiger partial charge is 0.131 e. The number of anilines is 1. The summed E-state index contributed by atoms with van der Waals surface area (Å²) >= 11 is 0. The third-order valence-corrected chi connectivity index (χ3v) is 4.18. The highest BCUT2D eigenvalue weighted by molar-refractivity contribution is 5.47. The van der Waals surface area contributed by atoms with Gasteiger partial charge in [-0.2, -0.15) is 0 Å². The SMILES string of the molecule is CCNCc1cnc(N2CCC(N(C)C)CC2)c(C)c1.